The lowest BCUT2D eigenvalue weighted by Crippen LogP contribution is -2.44. The van der Waals surface area contributed by atoms with Gasteiger partial charge in [-0.25, -0.2) is 13.1 Å². The van der Waals surface area contributed by atoms with Crippen LogP contribution in [0, 0.1) is 0 Å². The molecule has 0 bridgehead atoms. The van der Waals surface area contributed by atoms with Gasteiger partial charge < -0.3 is 4.90 Å². The van der Waals surface area contributed by atoms with E-state index < -0.39 is 15.1 Å². The van der Waals surface area contributed by atoms with Gasteiger partial charge in [0.1, 0.15) is 11.0 Å². The van der Waals surface area contributed by atoms with Crippen LogP contribution in [0.3, 0.4) is 0 Å². The van der Waals surface area contributed by atoms with Crippen LogP contribution in [0.25, 0.3) is 0 Å². The molecule has 1 saturated carbocycles. The zero-order chi connectivity index (χ0) is 18.3. The number of amides is 1. The molecule has 0 radical (unpaired) electrons. The molecular weight excluding hydrogens is 354 g/mol. The number of sulfone groups is 1. The number of aromatic nitrogens is 4. The number of carbonyl (C=O) groups is 1. The molecule has 1 aromatic heterocycles. The van der Waals surface area contributed by atoms with E-state index in [1.165, 1.54) is 6.92 Å². The molecule has 8 nitrogen and oxygen atoms in total. The predicted octanol–water partition coefficient (Wildman–Crippen LogP) is 1.29. The molecular formula is C17H21N5O3S. The van der Waals surface area contributed by atoms with Crippen LogP contribution in [-0.4, -0.2) is 46.3 Å². The maximum atomic E-state index is 13.0. The van der Waals surface area contributed by atoms with Gasteiger partial charge >= 0.3 is 0 Å². The average Bonchev–Trinajstić information content (AvgIpc) is 3.39. The van der Waals surface area contributed by atoms with Gasteiger partial charge in [0.15, 0.2) is 15.7 Å². The van der Waals surface area contributed by atoms with Gasteiger partial charge in [0, 0.05) is 12.2 Å². The van der Waals surface area contributed by atoms with E-state index in [1.807, 2.05) is 24.3 Å². The highest BCUT2D eigenvalue weighted by Crippen LogP contribution is 2.35. The fourth-order valence-electron chi connectivity index (χ4n) is 3.35. The number of rotatable bonds is 5. The van der Waals surface area contributed by atoms with Crippen LogP contribution in [0.5, 0.6) is 0 Å². The Morgan fingerprint density at radius 1 is 1.31 bits per heavy atom. The maximum absolute atomic E-state index is 13.0. The number of nitrogens with zero attached hydrogens (tertiary/aromatic N) is 5. The molecule has 1 aliphatic heterocycles. The highest BCUT2D eigenvalue weighted by atomic mass is 32.2. The number of aryl methyl sites for hydroxylation is 1. The molecule has 2 aliphatic rings. The van der Waals surface area contributed by atoms with Gasteiger partial charge in [-0.3, -0.25) is 4.79 Å². The Hall–Kier alpha value is -2.29. The molecule has 138 valence electrons. The topological polar surface area (TPSA) is 98.1 Å². The molecule has 1 aliphatic carbocycles. The highest BCUT2D eigenvalue weighted by Gasteiger charge is 2.36. The first-order valence-electron chi connectivity index (χ1n) is 8.85. The second kappa shape index (κ2) is 6.46. The van der Waals surface area contributed by atoms with Gasteiger partial charge in [0.05, 0.1) is 6.04 Å². The van der Waals surface area contributed by atoms with Gasteiger partial charge in [-0.1, -0.05) is 18.2 Å². The largest absolute Gasteiger partial charge is 0.311 e. The van der Waals surface area contributed by atoms with E-state index >= 15 is 0 Å². The Morgan fingerprint density at radius 3 is 2.85 bits per heavy atom. The normalized spacial score (nSPS) is 18.4. The minimum absolute atomic E-state index is 0.190. The lowest BCUT2D eigenvalue weighted by Gasteiger charge is -2.31. The van der Waals surface area contributed by atoms with Crippen molar-refractivity contribution in [3.8, 4) is 0 Å². The van der Waals surface area contributed by atoms with E-state index in [-0.39, 0.29) is 17.7 Å². The highest BCUT2D eigenvalue weighted by molar-refractivity contribution is 7.92. The van der Waals surface area contributed by atoms with Crippen molar-refractivity contribution in [3.05, 3.63) is 35.7 Å². The minimum Gasteiger partial charge on any atom is -0.311 e. The fraction of sp³-hybridized carbons (Fsp3) is 0.529. The van der Waals surface area contributed by atoms with Crippen LogP contribution >= 0.6 is 0 Å². The minimum atomic E-state index is -3.72. The zero-order valence-electron chi connectivity index (χ0n) is 14.6. The number of para-hydroxylation sites is 1. The maximum Gasteiger partial charge on any atom is 0.245 e. The predicted molar refractivity (Wildman–Crippen MR) is 95.3 cm³/mol. The molecule has 0 spiro atoms. The Labute approximate surface area is 152 Å². The molecule has 4 rings (SSSR count). The fourth-order valence-corrected chi connectivity index (χ4v) is 4.58. The van der Waals surface area contributed by atoms with Gasteiger partial charge in [-0.15, -0.1) is 5.10 Å². The molecule has 1 fully saturated rings. The SMILES string of the molecule is CC(C(=O)N1CCCc2ccccc21)S(=O)(=O)Cc1nnnn1C1CC1. The third-order valence-electron chi connectivity index (χ3n) is 5.05. The standard InChI is InChI=1S/C17H21N5O3S/c1-12(17(23)21-10-4-6-13-5-2-3-7-15(13)21)26(24,25)11-16-18-19-20-22(16)14-8-9-14/h2-3,5,7,12,14H,4,6,8-11H2,1H3. The summed E-state index contributed by atoms with van der Waals surface area (Å²) in [5.74, 6) is -0.396. The van der Waals surface area contributed by atoms with E-state index in [1.54, 1.807) is 9.58 Å². The van der Waals surface area contributed by atoms with Crippen molar-refractivity contribution in [1.82, 2.24) is 20.2 Å². The van der Waals surface area contributed by atoms with Crippen LogP contribution in [0.1, 0.15) is 43.6 Å². The second-order valence-corrected chi connectivity index (χ2v) is 9.26. The summed E-state index contributed by atoms with van der Waals surface area (Å²) in [6.45, 7) is 2.00. The summed E-state index contributed by atoms with van der Waals surface area (Å²) < 4.78 is 27.2. The molecule has 2 heterocycles. The molecule has 2 aromatic rings. The summed E-state index contributed by atoms with van der Waals surface area (Å²) in [4.78, 5) is 14.6. The molecule has 26 heavy (non-hydrogen) atoms. The van der Waals surface area contributed by atoms with Crippen molar-refractivity contribution < 1.29 is 13.2 Å². The average molecular weight is 375 g/mol. The van der Waals surface area contributed by atoms with Crippen LogP contribution < -0.4 is 4.90 Å². The second-order valence-electron chi connectivity index (χ2n) is 6.94. The molecule has 1 unspecified atom stereocenters. The van der Waals surface area contributed by atoms with Gasteiger partial charge in [-0.2, -0.15) is 0 Å². The number of hydrogen-bond acceptors (Lipinski definition) is 6. The molecule has 1 aromatic carbocycles. The monoisotopic (exact) mass is 375 g/mol. The third kappa shape index (κ3) is 3.11. The Bertz CT molecular complexity index is 935. The van der Waals surface area contributed by atoms with E-state index in [9.17, 15) is 13.2 Å². The first kappa shape index (κ1) is 17.1. The summed E-state index contributed by atoms with van der Waals surface area (Å²) in [7, 11) is -3.72. The number of fused-ring (bicyclic) bond motifs is 1. The number of carbonyl (C=O) groups excluding carboxylic acids is 1. The van der Waals surface area contributed by atoms with Crippen molar-refractivity contribution in [2.24, 2.45) is 0 Å². The molecule has 0 N–H and O–H groups in total. The Kier molecular flexibility index (Phi) is 4.26. The Morgan fingerprint density at radius 2 is 2.08 bits per heavy atom. The number of benzene rings is 1. The summed E-state index contributed by atoms with van der Waals surface area (Å²) in [5, 5.41) is 10.2. The van der Waals surface area contributed by atoms with Crippen molar-refractivity contribution in [3.63, 3.8) is 0 Å². The molecule has 0 saturated heterocycles. The molecule has 9 heteroatoms. The van der Waals surface area contributed by atoms with Gasteiger partial charge in [0.25, 0.3) is 0 Å². The number of tetrazole rings is 1. The summed E-state index contributed by atoms with van der Waals surface area (Å²) >= 11 is 0. The molecule has 1 atom stereocenters. The van der Waals surface area contributed by atoms with Crippen molar-refractivity contribution >= 4 is 21.4 Å². The molecule has 1 amide bonds. The lowest BCUT2D eigenvalue weighted by atomic mass is 10.0. The van der Waals surface area contributed by atoms with Crippen LogP contribution in [0.15, 0.2) is 24.3 Å². The zero-order valence-corrected chi connectivity index (χ0v) is 15.4. The first-order chi connectivity index (χ1) is 12.5. The quantitative estimate of drug-likeness (QED) is 0.781. The first-order valence-corrected chi connectivity index (χ1v) is 10.6. The van der Waals surface area contributed by atoms with Gasteiger partial charge in [0.2, 0.25) is 5.91 Å². The van der Waals surface area contributed by atoms with E-state index in [0.717, 1.165) is 36.9 Å². The van der Waals surface area contributed by atoms with Crippen molar-refractivity contribution in [2.75, 3.05) is 11.4 Å². The van der Waals surface area contributed by atoms with Crippen LogP contribution in [0.2, 0.25) is 0 Å². The summed E-state index contributed by atoms with van der Waals surface area (Å²) in [6.07, 6.45) is 3.64. The van der Waals surface area contributed by atoms with Crippen LogP contribution in [0.4, 0.5) is 5.69 Å². The van der Waals surface area contributed by atoms with Crippen molar-refractivity contribution in [2.45, 2.75) is 49.7 Å². The number of anilines is 1. The summed E-state index contributed by atoms with van der Waals surface area (Å²) in [6, 6.07) is 7.85. The third-order valence-corrected chi connectivity index (χ3v) is 6.99. The number of hydrogen-bond donors (Lipinski definition) is 0. The lowest BCUT2D eigenvalue weighted by molar-refractivity contribution is -0.118. The van der Waals surface area contributed by atoms with E-state index in [0.29, 0.717) is 12.4 Å². The van der Waals surface area contributed by atoms with E-state index in [4.69, 9.17) is 0 Å². The van der Waals surface area contributed by atoms with Crippen molar-refractivity contribution in [1.29, 1.82) is 0 Å². The Balaban J connectivity index is 1.55. The van der Waals surface area contributed by atoms with Gasteiger partial charge in [-0.05, 0) is 54.7 Å². The summed E-state index contributed by atoms with van der Waals surface area (Å²) in [5.41, 5.74) is 1.89. The van der Waals surface area contributed by atoms with Crippen LogP contribution in [-0.2, 0) is 26.8 Å². The smallest absolute Gasteiger partial charge is 0.245 e. The van der Waals surface area contributed by atoms with E-state index in [2.05, 4.69) is 15.5 Å².